The average molecular weight is 600 g/mol. The molecule has 5 aromatic rings. The Hall–Kier alpha value is -4.39. The van der Waals surface area contributed by atoms with Crippen LogP contribution in [0.1, 0.15) is 41.5 Å². The number of hydrogen-bond acceptors (Lipinski definition) is 8. The molecule has 12 heteroatoms. The quantitative estimate of drug-likeness (QED) is 0.246. The molecular weight excluding hydrogens is 564 g/mol. The van der Waals surface area contributed by atoms with E-state index in [9.17, 15) is 9.50 Å². The van der Waals surface area contributed by atoms with Gasteiger partial charge in [0.2, 0.25) is 0 Å². The summed E-state index contributed by atoms with van der Waals surface area (Å²) in [5.74, 6) is -1.04. The van der Waals surface area contributed by atoms with Crippen molar-refractivity contribution in [1.82, 2.24) is 44.8 Å². The fourth-order valence-electron chi connectivity index (χ4n) is 6.11. The summed E-state index contributed by atoms with van der Waals surface area (Å²) in [6.07, 6.45) is 3.29. The van der Waals surface area contributed by atoms with Gasteiger partial charge in [-0.05, 0) is 34.5 Å². The molecule has 0 bridgehead atoms. The van der Waals surface area contributed by atoms with Crippen molar-refractivity contribution in [1.29, 1.82) is 0 Å². The summed E-state index contributed by atoms with van der Waals surface area (Å²) in [6.45, 7) is 5.85. The van der Waals surface area contributed by atoms with Crippen LogP contribution in [-0.2, 0) is 18.6 Å². The first-order valence-corrected chi connectivity index (χ1v) is 14.8. The fourth-order valence-corrected chi connectivity index (χ4v) is 6.11. The lowest BCUT2D eigenvalue weighted by atomic mass is 9.86. The predicted octanol–water partition coefficient (Wildman–Crippen LogP) is 3.64. The minimum absolute atomic E-state index is 0.0779. The Morgan fingerprint density at radius 3 is 2.20 bits per heavy atom. The molecule has 44 heavy (non-hydrogen) atoms. The standard InChI is InChI=1S/C32H35F2N9O/c1-24(32(44,21-42-23-35-22-36-42)28-13-12-27(33)20-29(28)34)43-30(37-38-39-43)14-15-40-16-18-41(19-17-40)31(25-8-4-2-5-9-25)26-10-6-3-7-11-26/h2-13,20,22-24,31,44H,14-19,21H2,1H3/t24-,32+/m0/s1. The van der Waals surface area contributed by atoms with E-state index in [0.29, 0.717) is 18.8 Å². The SMILES string of the molecule is C[C@H](n1nnnc1CCN1CCN(C(c2ccccc2)c2ccccc2)CC1)[C@](O)(Cn1cncn1)c1ccc(F)cc1F. The van der Waals surface area contributed by atoms with Crippen LogP contribution in [0.3, 0.4) is 0 Å². The molecule has 6 rings (SSSR count). The summed E-state index contributed by atoms with van der Waals surface area (Å²) < 4.78 is 31.8. The number of hydrogen-bond donors (Lipinski definition) is 1. The van der Waals surface area contributed by atoms with Gasteiger partial charge in [-0.15, -0.1) is 5.10 Å². The van der Waals surface area contributed by atoms with Gasteiger partial charge in [0.1, 0.15) is 29.9 Å². The van der Waals surface area contributed by atoms with E-state index in [1.54, 1.807) is 6.92 Å². The van der Waals surface area contributed by atoms with Crippen LogP contribution in [0.5, 0.6) is 0 Å². The maximum atomic E-state index is 15.1. The van der Waals surface area contributed by atoms with Gasteiger partial charge in [0.25, 0.3) is 0 Å². The minimum Gasteiger partial charge on any atom is -0.381 e. The second-order valence-corrected chi connectivity index (χ2v) is 11.2. The summed E-state index contributed by atoms with van der Waals surface area (Å²) in [7, 11) is 0. The van der Waals surface area contributed by atoms with Crippen molar-refractivity contribution in [2.24, 2.45) is 0 Å². The zero-order chi connectivity index (χ0) is 30.5. The smallest absolute Gasteiger partial charge is 0.153 e. The summed E-state index contributed by atoms with van der Waals surface area (Å²) in [5, 5.41) is 28.4. The van der Waals surface area contributed by atoms with Crippen molar-refractivity contribution in [3.8, 4) is 0 Å². The molecular formula is C32H35F2N9O. The van der Waals surface area contributed by atoms with Crippen molar-refractivity contribution in [2.45, 2.75) is 37.6 Å². The van der Waals surface area contributed by atoms with E-state index in [1.165, 1.54) is 39.2 Å². The number of benzene rings is 3. The van der Waals surface area contributed by atoms with Crippen molar-refractivity contribution in [3.63, 3.8) is 0 Å². The van der Waals surface area contributed by atoms with Crippen LogP contribution in [-0.4, -0.2) is 82.6 Å². The number of halogens is 2. The fraction of sp³-hybridized carbons (Fsp3) is 0.344. The van der Waals surface area contributed by atoms with Crippen molar-refractivity contribution >= 4 is 0 Å². The van der Waals surface area contributed by atoms with Crippen LogP contribution < -0.4 is 0 Å². The molecule has 1 saturated heterocycles. The normalized spacial score (nSPS) is 16.7. The molecule has 0 radical (unpaired) electrons. The molecule has 2 aromatic heterocycles. The Bertz CT molecular complexity index is 1590. The van der Waals surface area contributed by atoms with Gasteiger partial charge in [-0.2, -0.15) is 5.10 Å². The number of tetrazole rings is 1. The Morgan fingerprint density at radius 1 is 0.909 bits per heavy atom. The summed E-state index contributed by atoms with van der Waals surface area (Å²) in [6, 6.07) is 23.7. The van der Waals surface area contributed by atoms with Crippen molar-refractivity contribution in [3.05, 3.63) is 126 Å². The first-order chi connectivity index (χ1) is 21.4. The number of aromatic nitrogens is 7. The molecule has 228 valence electrons. The molecule has 0 amide bonds. The third-order valence-electron chi connectivity index (χ3n) is 8.54. The van der Waals surface area contributed by atoms with E-state index in [4.69, 9.17) is 0 Å². The Labute approximate surface area is 254 Å². The largest absolute Gasteiger partial charge is 0.381 e. The highest BCUT2D eigenvalue weighted by Gasteiger charge is 2.42. The van der Waals surface area contributed by atoms with Crippen LogP contribution >= 0.6 is 0 Å². The van der Waals surface area contributed by atoms with E-state index < -0.39 is 23.3 Å². The molecule has 2 atom stereocenters. The minimum atomic E-state index is -1.86. The second-order valence-electron chi connectivity index (χ2n) is 11.2. The highest BCUT2D eigenvalue weighted by Crippen LogP contribution is 2.37. The van der Waals surface area contributed by atoms with E-state index in [0.717, 1.165) is 38.3 Å². The van der Waals surface area contributed by atoms with Crippen LogP contribution in [0, 0.1) is 11.6 Å². The van der Waals surface area contributed by atoms with Crippen molar-refractivity contribution < 1.29 is 13.9 Å². The molecule has 1 aliphatic rings. The topological polar surface area (TPSA) is 101 Å². The van der Waals surface area contributed by atoms with E-state index >= 15 is 4.39 Å². The molecule has 0 spiro atoms. The van der Waals surface area contributed by atoms with Crippen molar-refractivity contribution in [2.75, 3.05) is 32.7 Å². The third-order valence-corrected chi connectivity index (χ3v) is 8.54. The zero-order valence-electron chi connectivity index (χ0n) is 24.5. The molecule has 3 aromatic carbocycles. The maximum absolute atomic E-state index is 15.1. The Morgan fingerprint density at radius 2 is 1.59 bits per heavy atom. The highest BCUT2D eigenvalue weighted by atomic mass is 19.1. The Kier molecular flexibility index (Phi) is 8.82. The summed E-state index contributed by atoms with van der Waals surface area (Å²) >= 11 is 0. The van der Waals surface area contributed by atoms with Gasteiger partial charge in [0.05, 0.1) is 18.6 Å². The van der Waals surface area contributed by atoms with Gasteiger partial charge in [-0.25, -0.2) is 23.1 Å². The lowest BCUT2D eigenvalue weighted by Gasteiger charge is -2.40. The third kappa shape index (κ3) is 6.28. The predicted molar refractivity (Wildman–Crippen MR) is 159 cm³/mol. The van der Waals surface area contributed by atoms with E-state index in [2.05, 4.69) is 83.9 Å². The van der Waals surface area contributed by atoms with E-state index in [-0.39, 0.29) is 18.2 Å². The van der Waals surface area contributed by atoms with E-state index in [1.807, 2.05) is 12.1 Å². The highest BCUT2D eigenvalue weighted by molar-refractivity contribution is 5.32. The van der Waals surface area contributed by atoms with Gasteiger partial charge in [0.15, 0.2) is 5.82 Å². The van der Waals surface area contributed by atoms with Gasteiger partial charge in [-0.1, -0.05) is 66.7 Å². The molecule has 3 heterocycles. The summed E-state index contributed by atoms with van der Waals surface area (Å²) in [4.78, 5) is 8.84. The molecule has 10 nitrogen and oxygen atoms in total. The van der Waals surface area contributed by atoms with Gasteiger partial charge in [0, 0.05) is 50.8 Å². The van der Waals surface area contributed by atoms with Crippen LogP contribution in [0.2, 0.25) is 0 Å². The number of nitrogens with zero attached hydrogens (tertiary/aromatic N) is 9. The number of aliphatic hydroxyl groups is 1. The molecule has 1 aliphatic heterocycles. The molecule has 0 unspecified atom stereocenters. The first-order valence-electron chi connectivity index (χ1n) is 14.8. The molecule has 1 N–H and O–H groups in total. The number of piperazine rings is 1. The maximum Gasteiger partial charge on any atom is 0.153 e. The van der Waals surface area contributed by atoms with Gasteiger partial charge >= 0.3 is 0 Å². The van der Waals surface area contributed by atoms with Crippen LogP contribution in [0.15, 0.2) is 91.5 Å². The monoisotopic (exact) mass is 599 g/mol. The lowest BCUT2D eigenvalue weighted by Crippen LogP contribution is -2.48. The average Bonchev–Trinajstić information content (AvgIpc) is 3.74. The Balaban J connectivity index is 1.15. The molecule has 0 aliphatic carbocycles. The number of rotatable bonds is 11. The second kappa shape index (κ2) is 13.1. The lowest BCUT2D eigenvalue weighted by molar-refractivity contribution is -0.0384. The van der Waals surface area contributed by atoms with Crippen LogP contribution in [0.25, 0.3) is 0 Å². The van der Waals surface area contributed by atoms with Crippen LogP contribution in [0.4, 0.5) is 8.78 Å². The summed E-state index contributed by atoms with van der Waals surface area (Å²) in [5.41, 5.74) is 0.615. The van der Waals surface area contributed by atoms with Gasteiger partial charge < -0.3 is 10.0 Å². The first kappa shape index (κ1) is 29.7. The zero-order valence-corrected chi connectivity index (χ0v) is 24.5. The van der Waals surface area contributed by atoms with Gasteiger partial charge in [-0.3, -0.25) is 4.90 Å². The molecule has 1 fully saturated rings. The molecule has 0 saturated carbocycles.